The van der Waals surface area contributed by atoms with Crippen molar-refractivity contribution < 1.29 is 32.6 Å². The first-order chi connectivity index (χ1) is 16.4. The molecule has 1 heterocycles. The highest BCUT2D eigenvalue weighted by molar-refractivity contribution is 6.22. The number of fused-ring (bicyclic) bond motifs is 1. The minimum Gasteiger partial charge on any atom is -0.493 e. The standard InChI is InChI=1S/C25H26F2N2O5/c1-33-20-10-7-15(13-21(20)34-25(26)27)11-12-28-22(30)16-8-9-18-19(14-16)24(32)29(23(18)31)17-5-3-2-4-6-17/h7-10,13-14,17,25H,2-6,11-12H2,1H3,(H,28,30). The minimum atomic E-state index is -2.98. The summed E-state index contributed by atoms with van der Waals surface area (Å²) in [5.74, 6) is -0.915. The van der Waals surface area contributed by atoms with E-state index < -0.39 is 12.5 Å². The van der Waals surface area contributed by atoms with E-state index in [-0.39, 0.29) is 47.0 Å². The lowest BCUT2D eigenvalue weighted by Gasteiger charge is -2.29. The van der Waals surface area contributed by atoms with Gasteiger partial charge in [0.05, 0.1) is 18.2 Å². The Kier molecular flexibility index (Phi) is 7.09. The fourth-order valence-electron chi connectivity index (χ4n) is 4.56. The number of carbonyl (C=O) groups excluding carboxylic acids is 3. The molecule has 34 heavy (non-hydrogen) atoms. The summed E-state index contributed by atoms with van der Waals surface area (Å²) in [5, 5.41) is 2.76. The number of rotatable bonds is 8. The molecule has 0 spiro atoms. The highest BCUT2D eigenvalue weighted by Crippen LogP contribution is 2.32. The monoisotopic (exact) mass is 472 g/mol. The molecule has 0 radical (unpaired) electrons. The van der Waals surface area contributed by atoms with Crippen molar-refractivity contribution in [1.82, 2.24) is 10.2 Å². The smallest absolute Gasteiger partial charge is 0.387 e. The van der Waals surface area contributed by atoms with Crippen molar-refractivity contribution in [2.24, 2.45) is 0 Å². The zero-order valence-corrected chi connectivity index (χ0v) is 18.8. The average Bonchev–Trinajstić information content (AvgIpc) is 3.08. The van der Waals surface area contributed by atoms with Gasteiger partial charge in [-0.05, 0) is 55.2 Å². The van der Waals surface area contributed by atoms with Crippen LogP contribution in [0.4, 0.5) is 8.78 Å². The molecule has 0 aromatic heterocycles. The van der Waals surface area contributed by atoms with Gasteiger partial charge in [-0.15, -0.1) is 0 Å². The molecule has 7 nitrogen and oxygen atoms in total. The number of imide groups is 1. The summed E-state index contributed by atoms with van der Waals surface area (Å²) in [6.07, 6.45) is 5.10. The van der Waals surface area contributed by atoms with Crippen LogP contribution in [0.15, 0.2) is 36.4 Å². The fourth-order valence-corrected chi connectivity index (χ4v) is 4.56. The Morgan fingerprint density at radius 3 is 2.47 bits per heavy atom. The van der Waals surface area contributed by atoms with Gasteiger partial charge in [0.15, 0.2) is 11.5 Å². The van der Waals surface area contributed by atoms with Crippen molar-refractivity contribution in [2.45, 2.75) is 51.2 Å². The molecule has 180 valence electrons. The number of methoxy groups -OCH3 is 1. The van der Waals surface area contributed by atoms with Crippen LogP contribution in [-0.2, 0) is 6.42 Å². The van der Waals surface area contributed by atoms with Gasteiger partial charge in [0.1, 0.15) is 0 Å². The van der Waals surface area contributed by atoms with Crippen molar-refractivity contribution >= 4 is 17.7 Å². The highest BCUT2D eigenvalue weighted by atomic mass is 19.3. The van der Waals surface area contributed by atoms with Crippen LogP contribution in [0.3, 0.4) is 0 Å². The summed E-state index contributed by atoms with van der Waals surface area (Å²) in [7, 11) is 1.36. The van der Waals surface area contributed by atoms with E-state index in [2.05, 4.69) is 10.1 Å². The third kappa shape index (κ3) is 4.88. The Balaban J connectivity index is 1.39. The molecule has 1 aliphatic heterocycles. The molecule has 1 aliphatic carbocycles. The van der Waals surface area contributed by atoms with Gasteiger partial charge in [-0.1, -0.05) is 25.3 Å². The largest absolute Gasteiger partial charge is 0.493 e. The lowest BCUT2D eigenvalue weighted by molar-refractivity contribution is -0.0512. The fraction of sp³-hybridized carbons (Fsp3) is 0.400. The predicted octanol–water partition coefficient (Wildman–Crippen LogP) is 4.20. The van der Waals surface area contributed by atoms with E-state index in [1.807, 2.05) is 0 Å². The van der Waals surface area contributed by atoms with Crippen molar-refractivity contribution in [3.63, 3.8) is 0 Å². The third-order valence-electron chi connectivity index (χ3n) is 6.26. The molecule has 3 amide bonds. The van der Waals surface area contributed by atoms with Crippen molar-refractivity contribution in [3.05, 3.63) is 58.7 Å². The second kappa shape index (κ2) is 10.2. The summed E-state index contributed by atoms with van der Waals surface area (Å²) in [6.45, 7) is -2.75. The minimum absolute atomic E-state index is 0.0781. The first-order valence-corrected chi connectivity index (χ1v) is 11.3. The summed E-state index contributed by atoms with van der Waals surface area (Å²) < 4.78 is 34.7. The van der Waals surface area contributed by atoms with E-state index in [1.54, 1.807) is 6.07 Å². The number of benzene rings is 2. The molecule has 4 rings (SSSR count). The van der Waals surface area contributed by atoms with Crippen molar-refractivity contribution in [3.8, 4) is 11.5 Å². The first-order valence-electron chi connectivity index (χ1n) is 11.3. The predicted molar refractivity (Wildman–Crippen MR) is 119 cm³/mol. The molecule has 2 aromatic rings. The zero-order chi connectivity index (χ0) is 24.2. The number of amides is 3. The maximum Gasteiger partial charge on any atom is 0.387 e. The second-order valence-electron chi connectivity index (χ2n) is 8.40. The van der Waals surface area contributed by atoms with Crippen LogP contribution in [0, 0.1) is 0 Å². The average molecular weight is 472 g/mol. The lowest BCUT2D eigenvalue weighted by Crippen LogP contribution is -2.40. The van der Waals surface area contributed by atoms with E-state index >= 15 is 0 Å². The quantitative estimate of drug-likeness (QED) is 0.582. The number of halogens is 2. The first kappa shape index (κ1) is 23.7. The number of nitrogens with zero attached hydrogens (tertiary/aromatic N) is 1. The molecule has 0 atom stereocenters. The molecular weight excluding hydrogens is 446 g/mol. The van der Waals surface area contributed by atoms with E-state index in [0.717, 1.165) is 32.1 Å². The second-order valence-corrected chi connectivity index (χ2v) is 8.40. The van der Waals surface area contributed by atoms with Crippen LogP contribution >= 0.6 is 0 Å². The number of alkyl halides is 2. The maximum atomic E-state index is 12.9. The third-order valence-corrected chi connectivity index (χ3v) is 6.26. The number of carbonyl (C=O) groups is 3. The SMILES string of the molecule is COc1ccc(CCNC(=O)c2ccc3c(c2)C(=O)N(C2CCCCC2)C3=O)cc1OC(F)F. The summed E-state index contributed by atoms with van der Waals surface area (Å²) >= 11 is 0. The van der Waals surface area contributed by atoms with Gasteiger partial charge in [-0.25, -0.2) is 0 Å². The van der Waals surface area contributed by atoms with Crippen LogP contribution in [0.25, 0.3) is 0 Å². The van der Waals surface area contributed by atoms with Gasteiger partial charge in [0, 0.05) is 18.2 Å². The molecule has 1 saturated carbocycles. The van der Waals surface area contributed by atoms with Gasteiger partial charge in [0.2, 0.25) is 0 Å². The molecule has 2 aromatic carbocycles. The van der Waals surface area contributed by atoms with Crippen LogP contribution in [0.2, 0.25) is 0 Å². The molecular formula is C25H26F2N2O5. The number of ether oxygens (including phenoxy) is 2. The summed E-state index contributed by atoms with van der Waals surface area (Å²) in [5.41, 5.74) is 1.54. The molecule has 1 fully saturated rings. The molecule has 9 heteroatoms. The van der Waals surface area contributed by atoms with Crippen molar-refractivity contribution in [2.75, 3.05) is 13.7 Å². The van der Waals surface area contributed by atoms with E-state index in [0.29, 0.717) is 17.5 Å². The highest BCUT2D eigenvalue weighted by Gasteiger charge is 2.40. The Labute approximate surface area is 196 Å². The van der Waals surface area contributed by atoms with Gasteiger partial charge >= 0.3 is 6.61 Å². The maximum absolute atomic E-state index is 12.9. The van der Waals surface area contributed by atoms with Gasteiger partial charge in [-0.2, -0.15) is 8.78 Å². The van der Waals surface area contributed by atoms with Gasteiger partial charge < -0.3 is 14.8 Å². The lowest BCUT2D eigenvalue weighted by atomic mass is 9.94. The van der Waals surface area contributed by atoms with Crippen LogP contribution in [0.5, 0.6) is 11.5 Å². The summed E-state index contributed by atoms with van der Waals surface area (Å²) in [4.78, 5) is 39.7. The number of nitrogens with one attached hydrogen (secondary N) is 1. The molecule has 0 saturated heterocycles. The van der Waals surface area contributed by atoms with E-state index in [9.17, 15) is 23.2 Å². The van der Waals surface area contributed by atoms with Gasteiger partial charge in [-0.3, -0.25) is 19.3 Å². The van der Waals surface area contributed by atoms with Crippen LogP contribution in [0.1, 0.15) is 68.7 Å². The van der Waals surface area contributed by atoms with Crippen LogP contribution in [-0.4, -0.2) is 48.9 Å². The van der Waals surface area contributed by atoms with E-state index in [1.165, 1.54) is 42.3 Å². The molecule has 1 N–H and O–H groups in total. The zero-order valence-electron chi connectivity index (χ0n) is 18.8. The Morgan fingerprint density at radius 1 is 1.03 bits per heavy atom. The molecule has 2 aliphatic rings. The van der Waals surface area contributed by atoms with Crippen molar-refractivity contribution in [1.29, 1.82) is 0 Å². The Bertz CT molecular complexity index is 1100. The topological polar surface area (TPSA) is 84.9 Å². The number of hydrogen-bond acceptors (Lipinski definition) is 5. The Morgan fingerprint density at radius 2 is 1.76 bits per heavy atom. The van der Waals surface area contributed by atoms with E-state index in [4.69, 9.17) is 4.74 Å². The normalized spacial score (nSPS) is 16.1. The molecule has 0 unspecified atom stereocenters. The van der Waals surface area contributed by atoms with Crippen LogP contribution < -0.4 is 14.8 Å². The van der Waals surface area contributed by atoms with Gasteiger partial charge in [0.25, 0.3) is 17.7 Å². The summed E-state index contributed by atoms with van der Waals surface area (Å²) in [6, 6.07) is 9.11. The Hall–Kier alpha value is -3.49. The molecule has 0 bridgehead atoms. The number of hydrogen-bond donors (Lipinski definition) is 1.